The smallest absolute Gasteiger partial charge is 0.321 e. The van der Waals surface area contributed by atoms with E-state index in [1.165, 1.54) is 14.0 Å². The van der Waals surface area contributed by atoms with Crippen LogP contribution >= 0.6 is 0 Å². The minimum Gasteiger partial charge on any atom is -0.333 e. The van der Waals surface area contributed by atoms with Gasteiger partial charge in [-0.15, -0.1) is 0 Å². The van der Waals surface area contributed by atoms with Crippen LogP contribution in [-0.2, 0) is 21.4 Å². The summed E-state index contributed by atoms with van der Waals surface area (Å²) in [6, 6.07) is 7.61. The first kappa shape index (κ1) is 15.5. The number of imide groups is 1. The molecule has 0 saturated carbocycles. The van der Waals surface area contributed by atoms with E-state index in [2.05, 4.69) is 5.32 Å². The molecule has 0 spiro atoms. The molecule has 0 radical (unpaired) electrons. The normalized spacial score (nSPS) is 22.8. The van der Waals surface area contributed by atoms with E-state index in [1.54, 1.807) is 12.1 Å². The van der Waals surface area contributed by atoms with Gasteiger partial charge in [0.1, 0.15) is 0 Å². The van der Waals surface area contributed by atoms with E-state index in [4.69, 9.17) is 0 Å². The number of carbonyl (C=O) groups is 2. The van der Waals surface area contributed by atoms with Crippen LogP contribution in [0.25, 0.3) is 0 Å². The van der Waals surface area contributed by atoms with Crippen LogP contribution in [-0.4, -0.2) is 43.0 Å². The monoisotopic (exact) mass is 311 g/mol. The topological polar surface area (TPSA) is 95.6 Å². The number of hydrogen-bond acceptors (Lipinski definition) is 4. The third-order valence-corrected chi connectivity index (χ3v) is 5.57. The lowest BCUT2D eigenvalue weighted by Gasteiger charge is -2.31. The van der Waals surface area contributed by atoms with Crippen molar-refractivity contribution in [2.75, 3.05) is 7.05 Å². The number of nitrogens with zero attached hydrogens (tertiary/aromatic N) is 1. The van der Waals surface area contributed by atoms with Crippen molar-refractivity contribution in [3.8, 4) is 0 Å². The molecule has 114 valence electrons. The molecule has 1 heterocycles. The van der Waals surface area contributed by atoms with Crippen molar-refractivity contribution in [1.82, 2.24) is 14.9 Å². The summed E-state index contributed by atoms with van der Waals surface area (Å²) < 4.78 is 26.2. The van der Waals surface area contributed by atoms with Gasteiger partial charge in [0.05, 0.1) is 6.04 Å². The molecule has 1 aromatic rings. The largest absolute Gasteiger partial charge is 0.333 e. The van der Waals surface area contributed by atoms with Gasteiger partial charge in [-0.1, -0.05) is 30.3 Å². The van der Waals surface area contributed by atoms with Crippen molar-refractivity contribution in [3.05, 3.63) is 35.9 Å². The van der Waals surface area contributed by atoms with Gasteiger partial charge in [0, 0.05) is 13.6 Å². The molecule has 8 heteroatoms. The molecule has 2 atom stereocenters. The second kappa shape index (κ2) is 5.82. The van der Waals surface area contributed by atoms with Crippen molar-refractivity contribution in [2.24, 2.45) is 0 Å². The lowest BCUT2D eigenvalue weighted by atomic mass is 10.2. The molecular formula is C13H17N3O4S. The highest BCUT2D eigenvalue weighted by Gasteiger charge is 2.44. The van der Waals surface area contributed by atoms with Gasteiger partial charge in [-0.2, -0.15) is 4.31 Å². The summed E-state index contributed by atoms with van der Waals surface area (Å²) in [5.41, 5.74) is 0.816. The molecule has 21 heavy (non-hydrogen) atoms. The number of nitrogens with one attached hydrogen (secondary N) is 2. The molecule has 1 fully saturated rings. The van der Waals surface area contributed by atoms with E-state index in [9.17, 15) is 18.0 Å². The third-order valence-electron chi connectivity index (χ3n) is 3.31. The maximum atomic E-state index is 12.5. The summed E-state index contributed by atoms with van der Waals surface area (Å²) in [5, 5.41) is 3.07. The fourth-order valence-corrected chi connectivity index (χ4v) is 3.88. The van der Waals surface area contributed by atoms with Crippen LogP contribution in [0, 0.1) is 0 Å². The summed E-state index contributed by atoms with van der Waals surface area (Å²) in [5.74, 6) is -0.800. The Balaban J connectivity index is 2.20. The van der Waals surface area contributed by atoms with E-state index < -0.39 is 33.3 Å². The molecule has 2 unspecified atom stereocenters. The average Bonchev–Trinajstić information content (AvgIpc) is 2.38. The Kier molecular flexibility index (Phi) is 4.29. The van der Waals surface area contributed by atoms with E-state index in [0.717, 1.165) is 9.87 Å². The fraction of sp³-hybridized carbons (Fsp3) is 0.385. The molecule has 7 nitrogen and oxygen atoms in total. The van der Waals surface area contributed by atoms with Crippen molar-refractivity contribution in [1.29, 1.82) is 0 Å². The van der Waals surface area contributed by atoms with Gasteiger partial charge in [0.25, 0.3) is 0 Å². The second-order valence-corrected chi connectivity index (χ2v) is 7.12. The van der Waals surface area contributed by atoms with Crippen LogP contribution in [0.1, 0.15) is 12.5 Å². The van der Waals surface area contributed by atoms with Gasteiger partial charge < -0.3 is 5.32 Å². The number of hydrogen-bond donors (Lipinski definition) is 2. The van der Waals surface area contributed by atoms with Crippen LogP contribution in [0.4, 0.5) is 4.79 Å². The van der Waals surface area contributed by atoms with Crippen molar-refractivity contribution >= 4 is 22.0 Å². The standard InChI is InChI=1S/C13H17N3O4S/c1-9-11(12(17)15-13(18)14-9)21(19,20)16(2)8-10-6-4-3-5-7-10/h3-7,9,11H,8H2,1-2H3,(H2,14,15,17,18). The first-order chi connectivity index (χ1) is 9.82. The van der Waals surface area contributed by atoms with Crippen molar-refractivity contribution in [2.45, 2.75) is 24.8 Å². The summed E-state index contributed by atoms with van der Waals surface area (Å²) in [7, 11) is -2.46. The number of amides is 3. The first-order valence-electron chi connectivity index (χ1n) is 6.43. The average molecular weight is 311 g/mol. The van der Waals surface area contributed by atoms with E-state index >= 15 is 0 Å². The van der Waals surface area contributed by atoms with Crippen LogP contribution < -0.4 is 10.6 Å². The molecule has 1 aromatic carbocycles. The molecule has 0 aromatic heterocycles. The molecule has 2 rings (SSSR count). The zero-order valence-corrected chi connectivity index (χ0v) is 12.6. The molecule has 1 aliphatic heterocycles. The Morgan fingerprint density at radius 1 is 1.19 bits per heavy atom. The van der Waals surface area contributed by atoms with E-state index in [1.807, 2.05) is 23.5 Å². The maximum absolute atomic E-state index is 12.5. The Morgan fingerprint density at radius 3 is 2.38 bits per heavy atom. The summed E-state index contributed by atoms with van der Waals surface area (Å²) in [6.07, 6.45) is 0. The molecule has 0 bridgehead atoms. The highest BCUT2D eigenvalue weighted by atomic mass is 32.2. The minimum absolute atomic E-state index is 0.160. The van der Waals surface area contributed by atoms with E-state index in [-0.39, 0.29) is 6.54 Å². The van der Waals surface area contributed by atoms with Crippen LogP contribution in [0.2, 0.25) is 0 Å². The summed E-state index contributed by atoms with van der Waals surface area (Å²) in [6.45, 7) is 1.66. The van der Waals surface area contributed by atoms with Crippen LogP contribution in [0.3, 0.4) is 0 Å². The third kappa shape index (κ3) is 3.22. The number of carbonyl (C=O) groups excluding carboxylic acids is 2. The molecule has 2 N–H and O–H groups in total. The van der Waals surface area contributed by atoms with Crippen molar-refractivity contribution < 1.29 is 18.0 Å². The van der Waals surface area contributed by atoms with Crippen LogP contribution in [0.15, 0.2) is 30.3 Å². The lowest BCUT2D eigenvalue weighted by molar-refractivity contribution is -0.120. The predicted molar refractivity (Wildman–Crippen MR) is 76.8 cm³/mol. The van der Waals surface area contributed by atoms with Crippen LogP contribution in [0.5, 0.6) is 0 Å². The number of sulfonamides is 1. The lowest BCUT2D eigenvalue weighted by Crippen LogP contribution is -2.64. The van der Waals surface area contributed by atoms with Crippen molar-refractivity contribution in [3.63, 3.8) is 0 Å². The Morgan fingerprint density at radius 2 is 1.81 bits per heavy atom. The number of rotatable bonds is 4. The SMILES string of the molecule is CC1NC(=O)NC(=O)C1S(=O)(=O)N(C)Cc1ccccc1. The molecule has 1 saturated heterocycles. The van der Waals surface area contributed by atoms with E-state index in [0.29, 0.717) is 0 Å². The number of urea groups is 1. The quantitative estimate of drug-likeness (QED) is 0.821. The summed E-state index contributed by atoms with van der Waals surface area (Å²) >= 11 is 0. The predicted octanol–water partition coefficient (Wildman–Crippen LogP) is 0.0447. The molecular weight excluding hydrogens is 294 g/mol. The van der Waals surface area contributed by atoms with Gasteiger partial charge in [-0.3, -0.25) is 10.1 Å². The Hall–Kier alpha value is -1.93. The molecule has 1 aliphatic rings. The maximum Gasteiger partial charge on any atom is 0.321 e. The zero-order valence-electron chi connectivity index (χ0n) is 11.7. The zero-order chi connectivity index (χ0) is 15.6. The van der Waals surface area contributed by atoms with Gasteiger partial charge >= 0.3 is 6.03 Å². The number of benzene rings is 1. The minimum atomic E-state index is -3.88. The summed E-state index contributed by atoms with van der Waals surface area (Å²) in [4.78, 5) is 23.0. The first-order valence-corrected chi connectivity index (χ1v) is 7.93. The Bertz CT molecular complexity index is 645. The Labute approximate surface area is 123 Å². The van der Waals surface area contributed by atoms with Gasteiger partial charge in [-0.05, 0) is 12.5 Å². The fourth-order valence-electron chi connectivity index (χ4n) is 2.25. The molecule has 3 amide bonds. The van der Waals surface area contributed by atoms with Gasteiger partial charge in [-0.25, -0.2) is 13.2 Å². The molecule has 0 aliphatic carbocycles. The highest BCUT2D eigenvalue weighted by Crippen LogP contribution is 2.17. The van der Waals surface area contributed by atoms with Gasteiger partial charge in [0.2, 0.25) is 15.9 Å². The van der Waals surface area contributed by atoms with Gasteiger partial charge in [0.15, 0.2) is 5.25 Å². The second-order valence-electron chi connectivity index (χ2n) is 4.96. The highest BCUT2D eigenvalue weighted by molar-refractivity contribution is 7.90.